The lowest BCUT2D eigenvalue weighted by molar-refractivity contribution is -0.124. The van der Waals surface area contributed by atoms with Crippen LogP contribution in [0.25, 0.3) is 0 Å². The first-order valence-corrected chi connectivity index (χ1v) is 11.1. The van der Waals surface area contributed by atoms with Gasteiger partial charge in [0.05, 0.1) is 16.1 Å². The summed E-state index contributed by atoms with van der Waals surface area (Å²) in [6, 6.07) is 11.7. The zero-order valence-corrected chi connectivity index (χ0v) is 20.2. The van der Waals surface area contributed by atoms with Gasteiger partial charge in [0.25, 0.3) is 5.91 Å². The summed E-state index contributed by atoms with van der Waals surface area (Å²) >= 11 is 6.68. The molecule has 2 amide bonds. The van der Waals surface area contributed by atoms with Crippen LogP contribution in [0.4, 0.5) is 10.5 Å². The van der Waals surface area contributed by atoms with Crippen LogP contribution in [0.1, 0.15) is 37.0 Å². The van der Waals surface area contributed by atoms with Crippen molar-refractivity contribution in [3.8, 4) is 11.8 Å². The van der Waals surface area contributed by atoms with Crippen molar-refractivity contribution in [1.29, 1.82) is 5.26 Å². The second-order valence-electron chi connectivity index (χ2n) is 6.90. The summed E-state index contributed by atoms with van der Waals surface area (Å²) in [5, 5.41) is 30.6. The van der Waals surface area contributed by atoms with E-state index < -0.39 is 18.1 Å². The monoisotopic (exact) mass is 565 g/mol. The molecule has 0 saturated carbocycles. The zero-order chi connectivity index (χ0) is 23.7. The molecule has 0 aliphatic carbocycles. The Morgan fingerprint density at radius 1 is 1.25 bits per heavy atom. The highest BCUT2D eigenvalue weighted by Crippen LogP contribution is 2.40. The smallest absolute Gasteiger partial charge is 0.412 e. The lowest BCUT2D eigenvalue weighted by atomic mass is 9.92. The number of benzene rings is 2. The average molecular weight is 567 g/mol. The number of carbonyl (C=O) groups is 2. The molecule has 0 aliphatic rings. The summed E-state index contributed by atoms with van der Waals surface area (Å²) in [6.07, 6.45) is 2.26. The van der Waals surface area contributed by atoms with Gasteiger partial charge >= 0.3 is 6.09 Å². The third-order valence-electron chi connectivity index (χ3n) is 4.54. The van der Waals surface area contributed by atoms with Crippen molar-refractivity contribution in [3.05, 3.63) is 68.6 Å². The van der Waals surface area contributed by atoms with Crippen molar-refractivity contribution in [2.45, 2.75) is 25.9 Å². The van der Waals surface area contributed by atoms with E-state index in [2.05, 4.69) is 37.2 Å². The van der Waals surface area contributed by atoms with Crippen LogP contribution in [0.3, 0.4) is 0 Å². The Morgan fingerprint density at radius 3 is 2.56 bits per heavy atom. The predicted molar refractivity (Wildman–Crippen MR) is 125 cm³/mol. The third-order valence-corrected chi connectivity index (χ3v) is 5.61. The SMILES string of the molecule is C[C@@H](CC/C=C/C(=O)NO)[C@H](OC(=O)Nc1ccc(C#N)cc1)c1cc(Br)cc(Br)c1O. The largest absolute Gasteiger partial charge is 0.506 e. The molecular weight excluding hydrogens is 546 g/mol. The Bertz CT molecular complexity index is 1040. The molecule has 0 heterocycles. The van der Waals surface area contributed by atoms with Crippen LogP contribution in [0, 0.1) is 17.2 Å². The Hall–Kier alpha value is -2.87. The van der Waals surface area contributed by atoms with Gasteiger partial charge in [0, 0.05) is 21.8 Å². The molecule has 0 aliphatic heterocycles. The zero-order valence-electron chi connectivity index (χ0n) is 17.0. The van der Waals surface area contributed by atoms with Crippen LogP contribution < -0.4 is 10.8 Å². The Kier molecular flexibility index (Phi) is 9.71. The molecule has 168 valence electrons. The minimum absolute atomic E-state index is 0.0496. The van der Waals surface area contributed by atoms with Crippen LogP contribution in [-0.4, -0.2) is 22.3 Å². The molecule has 2 aromatic carbocycles. The van der Waals surface area contributed by atoms with Crippen LogP contribution in [0.15, 0.2) is 57.5 Å². The lowest BCUT2D eigenvalue weighted by Gasteiger charge is -2.26. The van der Waals surface area contributed by atoms with Gasteiger partial charge in [-0.05, 0) is 71.1 Å². The van der Waals surface area contributed by atoms with Crippen molar-refractivity contribution >= 4 is 49.5 Å². The molecule has 4 N–H and O–H groups in total. The molecule has 2 atom stereocenters. The molecule has 0 aromatic heterocycles. The number of anilines is 1. The maximum atomic E-state index is 12.6. The number of rotatable bonds is 8. The highest BCUT2D eigenvalue weighted by Gasteiger charge is 2.27. The first-order valence-electron chi connectivity index (χ1n) is 9.51. The molecule has 0 radical (unpaired) electrons. The van der Waals surface area contributed by atoms with Gasteiger partial charge < -0.3 is 9.84 Å². The average Bonchev–Trinajstić information content (AvgIpc) is 2.77. The van der Waals surface area contributed by atoms with Crippen LogP contribution in [0.5, 0.6) is 5.75 Å². The van der Waals surface area contributed by atoms with Crippen molar-refractivity contribution < 1.29 is 24.6 Å². The van der Waals surface area contributed by atoms with E-state index in [0.717, 1.165) is 0 Å². The van der Waals surface area contributed by atoms with Crippen molar-refractivity contribution in [2.24, 2.45) is 5.92 Å². The molecule has 8 nitrogen and oxygen atoms in total. The quantitative estimate of drug-likeness (QED) is 0.188. The summed E-state index contributed by atoms with van der Waals surface area (Å²) in [6.45, 7) is 1.86. The number of halogens is 2. The number of nitrogens with one attached hydrogen (secondary N) is 2. The molecule has 0 bridgehead atoms. The van der Waals surface area contributed by atoms with Crippen LogP contribution >= 0.6 is 31.9 Å². The van der Waals surface area contributed by atoms with Crippen molar-refractivity contribution in [2.75, 3.05) is 5.32 Å². The predicted octanol–water partition coefficient (Wildman–Crippen LogP) is 5.56. The number of allylic oxidation sites excluding steroid dienone is 1. The molecular formula is C22H21Br2N3O5. The number of hydrogen-bond acceptors (Lipinski definition) is 6. The fourth-order valence-corrected chi connectivity index (χ4v) is 4.18. The van der Waals surface area contributed by atoms with Gasteiger partial charge in [-0.25, -0.2) is 10.3 Å². The first-order chi connectivity index (χ1) is 15.2. The van der Waals surface area contributed by atoms with Gasteiger partial charge in [-0.1, -0.05) is 28.9 Å². The number of amides is 2. The first kappa shape index (κ1) is 25.4. The standard InChI is InChI=1S/C22H21Br2N3O5/c1-13(4-2-3-5-19(28)27-31)21(17-10-15(23)11-18(24)20(17)29)32-22(30)26-16-8-6-14(12-25)7-9-16/h3,5-11,13,21,29,31H,2,4H2,1H3,(H,26,30)(H,27,28)/b5-3+/t13-,21-/m0/s1. The van der Waals surface area contributed by atoms with E-state index >= 15 is 0 Å². The van der Waals surface area contributed by atoms with E-state index in [1.54, 1.807) is 42.5 Å². The number of phenols is 1. The van der Waals surface area contributed by atoms with Gasteiger partial charge in [-0.3, -0.25) is 15.3 Å². The Balaban J connectivity index is 2.21. The Labute approximate surface area is 202 Å². The van der Waals surface area contributed by atoms with Gasteiger partial charge in [-0.2, -0.15) is 5.26 Å². The molecule has 0 saturated heterocycles. The minimum atomic E-state index is -0.803. The number of nitriles is 1. The maximum absolute atomic E-state index is 12.6. The second kappa shape index (κ2) is 12.2. The number of hydroxylamine groups is 1. The number of nitrogens with zero attached hydrogens (tertiary/aromatic N) is 1. The summed E-state index contributed by atoms with van der Waals surface area (Å²) in [5.41, 5.74) is 2.84. The minimum Gasteiger partial charge on any atom is -0.506 e. The molecule has 2 rings (SSSR count). The van der Waals surface area contributed by atoms with Crippen molar-refractivity contribution in [3.63, 3.8) is 0 Å². The van der Waals surface area contributed by atoms with E-state index in [9.17, 15) is 14.7 Å². The topological polar surface area (TPSA) is 132 Å². The highest BCUT2D eigenvalue weighted by atomic mass is 79.9. The lowest BCUT2D eigenvalue weighted by Crippen LogP contribution is -2.22. The third kappa shape index (κ3) is 7.37. The molecule has 32 heavy (non-hydrogen) atoms. The van der Waals surface area contributed by atoms with Crippen LogP contribution in [0.2, 0.25) is 0 Å². The van der Waals surface area contributed by atoms with E-state index in [-0.39, 0.29) is 11.7 Å². The van der Waals surface area contributed by atoms with Gasteiger partial charge in [0.1, 0.15) is 11.9 Å². The fraction of sp³-hybridized carbons (Fsp3) is 0.227. The van der Waals surface area contributed by atoms with E-state index in [4.69, 9.17) is 15.2 Å². The van der Waals surface area contributed by atoms with E-state index in [1.807, 2.05) is 13.0 Å². The van der Waals surface area contributed by atoms with Gasteiger partial charge in [0.15, 0.2) is 0 Å². The van der Waals surface area contributed by atoms with Gasteiger partial charge in [0.2, 0.25) is 0 Å². The van der Waals surface area contributed by atoms with E-state index in [0.29, 0.717) is 38.6 Å². The molecule has 2 aromatic rings. The summed E-state index contributed by atoms with van der Waals surface area (Å²) in [7, 11) is 0. The molecule has 0 fully saturated rings. The van der Waals surface area contributed by atoms with Crippen molar-refractivity contribution in [1.82, 2.24) is 5.48 Å². The number of carbonyl (C=O) groups excluding carboxylic acids is 2. The summed E-state index contributed by atoms with van der Waals surface area (Å²) in [4.78, 5) is 23.7. The number of phenolic OH excluding ortho intramolecular Hbond substituents is 1. The summed E-state index contributed by atoms with van der Waals surface area (Å²) < 4.78 is 6.81. The van der Waals surface area contributed by atoms with E-state index in [1.165, 1.54) is 11.6 Å². The maximum Gasteiger partial charge on any atom is 0.412 e. The number of hydrogen-bond donors (Lipinski definition) is 4. The fourth-order valence-electron chi connectivity index (χ4n) is 2.92. The second-order valence-corrected chi connectivity index (χ2v) is 8.67. The number of ether oxygens (including phenoxy) is 1. The van der Waals surface area contributed by atoms with Crippen LogP contribution in [-0.2, 0) is 9.53 Å². The summed E-state index contributed by atoms with van der Waals surface area (Å²) in [5.74, 6) is -0.928. The molecule has 0 spiro atoms. The Morgan fingerprint density at radius 2 is 1.94 bits per heavy atom. The van der Waals surface area contributed by atoms with Gasteiger partial charge in [-0.15, -0.1) is 0 Å². The number of aromatic hydroxyl groups is 1. The molecule has 0 unspecified atom stereocenters. The normalized spacial score (nSPS) is 12.6. The molecule has 10 heteroatoms. The highest BCUT2D eigenvalue weighted by molar-refractivity contribution is 9.11.